The van der Waals surface area contributed by atoms with Crippen molar-refractivity contribution in [3.05, 3.63) is 48.4 Å². The second-order valence-electron chi connectivity index (χ2n) is 6.82. The molecule has 140 valence electrons. The normalized spacial score (nSPS) is 19.8. The molecule has 0 radical (unpaired) electrons. The van der Waals surface area contributed by atoms with Crippen molar-refractivity contribution in [2.45, 2.75) is 25.8 Å². The van der Waals surface area contributed by atoms with Crippen LogP contribution in [-0.4, -0.2) is 35.8 Å². The van der Waals surface area contributed by atoms with Crippen molar-refractivity contribution in [1.82, 2.24) is 4.90 Å². The van der Waals surface area contributed by atoms with Gasteiger partial charge in [-0.1, -0.05) is 0 Å². The highest BCUT2D eigenvalue weighted by atomic mass is 16.5. The van der Waals surface area contributed by atoms with Crippen LogP contribution >= 0.6 is 0 Å². The van der Waals surface area contributed by atoms with E-state index in [0.29, 0.717) is 37.6 Å². The topological polar surface area (TPSA) is 80.1 Å². The summed E-state index contributed by atoms with van der Waals surface area (Å²) in [6.07, 6.45) is 3.13. The Balaban J connectivity index is 1.35. The van der Waals surface area contributed by atoms with Crippen molar-refractivity contribution in [3.8, 4) is 5.75 Å². The van der Waals surface area contributed by atoms with Crippen LogP contribution in [0.5, 0.6) is 5.75 Å². The lowest BCUT2D eigenvalue weighted by Gasteiger charge is -2.16. The molecule has 0 bridgehead atoms. The molecule has 27 heavy (non-hydrogen) atoms. The SMILES string of the molecule is O=C(Oc1ccc(N2CCCC2=O)cc1)C1CC(=O)N(Cc2ccco2)C1. The van der Waals surface area contributed by atoms with Crippen molar-refractivity contribution in [1.29, 1.82) is 0 Å². The number of ether oxygens (including phenoxy) is 1. The molecule has 2 fully saturated rings. The highest BCUT2D eigenvalue weighted by Gasteiger charge is 2.36. The maximum atomic E-state index is 12.4. The average Bonchev–Trinajstić information content (AvgIpc) is 3.39. The molecule has 2 aliphatic heterocycles. The fourth-order valence-corrected chi connectivity index (χ4v) is 3.49. The van der Waals surface area contributed by atoms with Crippen LogP contribution in [0.2, 0.25) is 0 Å². The Morgan fingerprint density at radius 2 is 1.96 bits per heavy atom. The zero-order chi connectivity index (χ0) is 18.8. The smallest absolute Gasteiger partial charge is 0.316 e. The third-order valence-corrected chi connectivity index (χ3v) is 4.91. The molecule has 2 saturated heterocycles. The predicted molar refractivity (Wildman–Crippen MR) is 95.9 cm³/mol. The molecule has 0 spiro atoms. The van der Waals surface area contributed by atoms with Crippen molar-refractivity contribution in [2.75, 3.05) is 18.0 Å². The number of carbonyl (C=O) groups excluding carboxylic acids is 3. The number of amides is 2. The van der Waals surface area contributed by atoms with E-state index in [4.69, 9.17) is 9.15 Å². The van der Waals surface area contributed by atoms with E-state index in [-0.39, 0.29) is 18.2 Å². The van der Waals surface area contributed by atoms with Crippen LogP contribution in [0.25, 0.3) is 0 Å². The van der Waals surface area contributed by atoms with Crippen LogP contribution in [0.1, 0.15) is 25.0 Å². The van der Waals surface area contributed by atoms with Crippen LogP contribution in [0.15, 0.2) is 47.1 Å². The largest absolute Gasteiger partial charge is 0.467 e. The van der Waals surface area contributed by atoms with E-state index in [1.54, 1.807) is 52.5 Å². The van der Waals surface area contributed by atoms with Crippen LogP contribution in [0, 0.1) is 5.92 Å². The number of benzene rings is 1. The zero-order valence-electron chi connectivity index (χ0n) is 14.8. The van der Waals surface area contributed by atoms with E-state index in [1.807, 2.05) is 0 Å². The first-order valence-corrected chi connectivity index (χ1v) is 9.02. The van der Waals surface area contributed by atoms with E-state index in [9.17, 15) is 14.4 Å². The Hall–Kier alpha value is -3.09. The fourth-order valence-electron chi connectivity index (χ4n) is 3.49. The standard InChI is InChI=1S/C20H20N2O5/c23-18-4-1-9-22(18)15-5-7-16(8-6-15)27-20(25)14-11-19(24)21(12-14)13-17-3-2-10-26-17/h2-3,5-8,10,14H,1,4,9,11-13H2. The number of rotatable bonds is 5. The lowest BCUT2D eigenvalue weighted by atomic mass is 10.1. The number of hydrogen-bond donors (Lipinski definition) is 0. The molecule has 1 unspecified atom stereocenters. The van der Waals surface area contributed by atoms with Gasteiger partial charge < -0.3 is 19.0 Å². The predicted octanol–water partition coefficient (Wildman–Crippen LogP) is 2.36. The average molecular weight is 368 g/mol. The van der Waals surface area contributed by atoms with Gasteiger partial charge in [-0.25, -0.2) is 0 Å². The van der Waals surface area contributed by atoms with E-state index >= 15 is 0 Å². The summed E-state index contributed by atoms with van der Waals surface area (Å²) in [6.45, 7) is 1.39. The zero-order valence-corrected chi connectivity index (χ0v) is 14.8. The highest BCUT2D eigenvalue weighted by Crippen LogP contribution is 2.26. The van der Waals surface area contributed by atoms with E-state index in [0.717, 1.165) is 12.1 Å². The summed E-state index contributed by atoms with van der Waals surface area (Å²) in [7, 11) is 0. The number of anilines is 1. The number of esters is 1. The van der Waals surface area contributed by atoms with Crippen molar-refractivity contribution >= 4 is 23.5 Å². The second-order valence-corrected chi connectivity index (χ2v) is 6.82. The Morgan fingerprint density at radius 1 is 1.15 bits per heavy atom. The summed E-state index contributed by atoms with van der Waals surface area (Å²) in [6, 6.07) is 10.5. The molecule has 1 aromatic carbocycles. The monoisotopic (exact) mass is 368 g/mol. The molecule has 1 atom stereocenters. The molecule has 0 saturated carbocycles. The minimum atomic E-state index is -0.493. The minimum absolute atomic E-state index is 0.0868. The van der Waals surface area contributed by atoms with Gasteiger partial charge in [-0.15, -0.1) is 0 Å². The summed E-state index contributed by atoms with van der Waals surface area (Å²) in [5.41, 5.74) is 0.804. The van der Waals surface area contributed by atoms with Crippen LogP contribution in [0.3, 0.4) is 0 Å². The molecule has 3 heterocycles. The van der Waals surface area contributed by atoms with E-state index < -0.39 is 11.9 Å². The van der Waals surface area contributed by atoms with Crippen LogP contribution in [-0.2, 0) is 20.9 Å². The minimum Gasteiger partial charge on any atom is -0.467 e. The number of furan rings is 1. The van der Waals surface area contributed by atoms with Gasteiger partial charge in [0.25, 0.3) is 0 Å². The fraction of sp³-hybridized carbons (Fsp3) is 0.350. The Bertz CT molecular complexity index is 844. The van der Waals surface area contributed by atoms with Crippen molar-refractivity contribution in [3.63, 3.8) is 0 Å². The molecule has 4 rings (SSSR count). The number of carbonyl (C=O) groups is 3. The molecule has 2 amide bonds. The highest BCUT2D eigenvalue weighted by molar-refractivity contribution is 5.95. The summed E-state index contributed by atoms with van der Waals surface area (Å²) in [5, 5.41) is 0. The van der Waals surface area contributed by atoms with Gasteiger partial charge in [-0.2, -0.15) is 0 Å². The Labute approximate surface area is 156 Å². The molecule has 0 N–H and O–H groups in total. The van der Waals surface area contributed by atoms with Gasteiger partial charge in [0, 0.05) is 31.6 Å². The third kappa shape index (κ3) is 3.72. The van der Waals surface area contributed by atoms with Crippen molar-refractivity contribution in [2.24, 2.45) is 5.92 Å². The molecule has 1 aromatic heterocycles. The maximum Gasteiger partial charge on any atom is 0.316 e. The molecule has 0 aliphatic carbocycles. The molecular weight excluding hydrogens is 348 g/mol. The maximum absolute atomic E-state index is 12.4. The van der Waals surface area contributed by atoms with Crippen LogP contribution < -0.4 is 9.64 Å². The number of likely N-dealkylation sites (tertiary alicyclic amines) is 1. The third-order valence-electron chi connectivity index (χ3n) is 4.91. The van der Waals surface area contributed by atoms with Gasteiger partial charge in [0.2, 0.25) is 11.8 Å². The van der Waals surface area contributed by atoms with Gasteiger partial charge in [0.15, 0.2) is 0 Å². The Morgan fingerprint density at radius 3 is 2.63 bits per heavy atom. The molecular formula is C20H20N2O5. The lowest BCUT2D eigenvalue weighted by Crippen LogP contribution is -2.27. The second kappa shape index (κ2) is 7.26. The van der Waals surface area contributed by atoms with E-state index in [2.05, 4.69) is 0 Å². The summed E-state index contributed by atoms with van der Waals surface area (Å²) < 4.78 is 10.7. The number of nitrogens with zero attached hydrogens (tertiary/aromatic N) is 2. The molecule has 2 aromatic rings. The van der Waals surface area contributed by atoms with E-state index in [1.165, 1.54) is 0 Å². The Kier molecular flexibility index (Phi) is 4.66. The molecule has 2 aliphatic rings. The van der Waals surface area contributed by atoms with Gasteiger partial charge in [-0.3, -0.25) is 14.4 Å². The first-order chi connectivity index (χ1) is 13.1. The first kappa shape index (κ1) is 17.3. The summed E-state index contributed by atoms with van der Waals surface area (Å²) in [4.78, 5) is 39.7. The van der Waals surface area contributed by atoms with Gasteiger partial charge >= 0.3 is 5.97 Å². The van der Waals surface area contributed by atoms with Gasteiger partial charge in [-0.05, 0) is 42.8 Å². The number of hydrogen-bond acceptors (Lipinski definition) is 5. The quantitative estimate of drug-likeness (QED) is 0.598. The van der Waals surface area contributed by atoms with Crippen LogP contribution in [0.4, 0.5) is 5.69 Å². The lowest BCUT2D eigenvalue weighted by molar-refractivity contribution is -0.139. The summed E-state index contributed by atoms with van der Waals surface area (Å²) >= 11 is 0. The molecule has 7 nitrogen and oxygen atoms in total. The summed E-state index contributed by atoms with van der Waals surface area (Å²) in [5.74, 6) is 0.205. The van der Waals surface area contributed by atoms with Gasteiger partial charge in [0.05, 0.1) is 18.7 Å². The first-order valence-electron chi connectivity index (χ1n) is 9.02. The molecule has 7 heteroatoms. The van der Waals surface area contributed by atoms with Crippen molar-refractivity contribution < 1.29 is 23.5 Å². The van der Waals surface area contributed by atoms with Gasteiger partial charge in [0.1, 0.15) is 11.5 Å².